The lowest BCUT2D eigenvalue weighted by Gasteiger charge is -2.08. The van der Waals surface area contributed by atoms with E-state index in [1.165, 1.54) is 17.0 Å². The highest BCUT2D eigenvalue weighted by molar-refractivity contribution is 5.26. The zero-order chi connectivity index (χ0) is 15.2. The Morgan fingerprint density at radius 2 is 2.00 bits per heavy atom. The molecule has 0 fully saturated rings. The average molecular weight is 289 g/mol. The van der Waals surface area contributed by atoms with Crippen LogP contribution in [0.4, 0.5) is 0 Å². The fourth-order valence-electron chi connectivity index (χ4n) is 2.75. The molecule has 0 unspecified atom stereocenters. The average Bonchev–Trinajstić information content (AvgIpc) is 3.05. The molecule has 2 heterocycles. The molecule has 0 bridgehead atoms. The van der Waals surface area contributed by atoms with Gasteiger partial charge in [0, 0.05) is 50.2 Å². The Morgan fingerprint density at radius 1 is 1.19 bits per heavy atom. The molecule has 2 aromatic heterocycles. The molecule has 5 heteroatoms. The van der Waals surface area contributed by atoms with Gasteiger partial charge in [-0.05, 0) is 19.4 Å². The number of nitrogens with zero attached hydrogens (tertiary/aromatic N) is 4. The first-order valence-corrected chi connectivity index (χ1v) is 7.95. The highest BCUT2D eigenvalue weighted by Gasteiger charge is 2.15. The minimum Gasteiger partial charge on any atom is -0.338 e. The third-order valence-corrected chi connectivity index (χ3v) is 3.94. The minimum absolute atomic E-state index is 0.896. The highest BCUT2D eigenvalue weighted by Crippen LogP contribution is 2.17. The third-order valence-electron chi connectivity index (χ3n) is 3.94. The van der Waals surface area contributed by atoms with E-state index in [1.54, 1.807) is 0 Å². The number of imidazole rings is 1. The van der Waals surface area contributed by atoms with Gasteiger partial charge >= 0.3 is 0 Å². The van der Waals surface area contributed by atoms with Gasteiger partial charge in [0.25, 0.3) is 0 Å². The van der Waals surface area contributed by atoms with Crippen molar-refractivity contribution in [3.8, 4) is 0 Å². The summed E-state index contributed by atoms with van der Waals surface area (Å²) in [5.74, 6) is 1.11. The first kappa shape index (κ1) is 15.8. The van der Waals surface area contributed by atoms with E-state index in [2.05, 4.69) is 40.3 Å². The molecule has 0 atom stereocenters. The smallest absolute Gasteiger partial charge is 0.110 e. The number of rotatable bonds is 8. The van der Waals surface area contributed by atoms with Crippen molar-refractivity contribution in [3.05, 3.63) is 35.2 Å². The first-order valence-electron chi connectivity index (χ1n) is 7.95. The Morgan fingerprint density at radius 3 is 2.57 bits per heavy atom. The van der Waals surface area contributed by atoms with Crippen LogP contribution in [0.25, 0.3) is 0 Å². The van der Waals surface area contributed by atoms with Crippen molar-refractivity contribution >= 4 is 0 Å². The SMILES string of the molecule is CCNCc1c(CC)nn(CCc2nccn2C)c1CC. The Kier molecular flexibility index (Phi) is 5.56. The van der Waals surface area contributed by atoms with E-state index in [1.807, 2.05) is 19.4 Å². The molecule has 0 saturated carbocycles. The molecule has 21 heavy (non-hydrogen) atoms. The maximum Gasteiger partial charge on any atom is 0.110 e. The van der Waals surface area contributed by atoms with Gasteiger partial charge in [0.05, 0.1) is 5.69 Å². The predicted molar refractivity (Wildman–Crippen MR) is 85.3 cm³/mol. The van der Waals surface area contributed by atoms with Gasteiger partial charge in [0.1, 0.15) is 5.82 Å². The number of aryl methyl sites for hydroxylation is 4. The lowest BCUT2D eigenvalue weighted by atomic mass is 10.1. The van der Waals surface area contributed by atoms with Gasteiger partial charge < -0.3 is 9.88 Å². The van der Waals surface area contributed by atoms with Gasteiger partial charge in [0.15, 0.2) is 0 Å². The van der Waals surface area contributed by atoms with Crippen LogP contribution in [-0.4, -0.2) is 25.9 Å². The summed E-state index contributed by atoms with van der Waals surface area (Å²) in [6, 6.07) is 0. The van der Waals surface area contributed by atoms with Crippen LogP contribution in [-0.2, 0) is 39.4 Å². The standard InChI is InChI=1S/C16H27N5/c1-5-14-13(12-17-7-3)15(6-2)21(19-14)10-8-16-18-9-11-20(16)4/h9,11,17H,5-8,10,12H2,1-4H3. The fourth-order valence-corrected chi connectivity index (χ4v) is 2.75. The lowest BCUT2D eigenvalue weighted by molar-refractivity contribution is 0.561. The molecule has 0 radical (unpaired) electrons. The van der Waals surface area contributed by atoms with E-state index in [4.69, 9.17) is 5.10 Å². The molecule has 0 saturated heterocycles. The zero-order valence-corrected chi connectivity index (χ0v) is 13.7. The van der Waals surface area contributed by atoms with Crippen molar-refractivity contribution in [2.24, 2.45) is 7.05 Å². The Hall–Kier alpha value is -1.62. The lowest BCUT2D eigenvalue weighted by Crippen LogP contribution is -2.15. The molecule has 0 amide bonds. The van der Waals surface area contributed by atoms with Crippen molar-refractivity contribution in [2.45, 2.75) is 53.1 Å². The van der Waals surface area contributed by atoms with Crippen LogP contribution in [0.5, 0.6) is 0 Å². The van der Waals surface area contributed by atoms with Gasteiger partial charge in [-0.15, -0.1) is 0 Å². The minimum atomic E-state index is 0.896. The Bertz CT molecular complexity index is 567. The molecule has 0 spiro atoms. The van der Waals surface area contributed by atoms with Crippen LogP contribution in [0, 0.1) is 0 Å². The first-order chi connectivity index (χ1) is 10.2. The molecule has 5 nitrogen and oxygen atoms in total. The van der Waals surface area contributed by atoms with Crippen LogP contribution in [0.2, 0.25) is 0 Å². The number of hydrogen-bond donors (Lipinski definition) is 1. The highest BCUT2D eigenvalue weighted by atomic mass is 15.3. The summed E-state index contributed by atoms with van der Waals surface area (Å²) < 4.78 is 4.26. The summed E-state index contributed by atoms with van der Waals surface area (Å²) in [5, 5.41) is 8.26. The van der Waals surface area contributed by atoms with E-state index >= 15 is 0 Å². The molecule has 0 aliphatic rings. The topological polar surface area (TPSA) is 47.7 Å². The molecule has 1 N–H and O–H groups in total. The monoisotopic (exact) mass is 289 g/mol. The zero-order valence-electron chi connectivity index (χ0n) is 13.7. The van der Waals surface area contributed by atoms with Crippen molar-refractivity contribution in [1.82, 2.24) is 24.6 Å². The quantitative estimate of drug-likeness (QED) is 0.809. The van der Waals surface area contributed by atoms with E-state index in [0.717, 1.165) is 44.7 Å². The Balaban J connectivity index is 2.18. The predicted octanol–water partition coefficient (Wildman–Crippen LogP) is 2.09. The molecule has 2 rings (SSSR count). The van der Waals surface area contributed by atoms with Crippen LogP contribution >= 0.6 is 0 Å². The van der Waals surface area contributed by atoms with Crippen LogP contribution in [0.3, 0.4) is 0 Å². The molecule has 0 aliphatic carbocycles. The molecular weight excluding hydrogens is 262 g/mol. The van der Waals surface area contributed by atoms with Gasteiger partial charge in [-0.2, -0.15) is 5.10 Å². The van der Waals surface area contributed by atoms with Gasteiger partial charge in [-0.3, -0.25) is 4.68 Å². The second-order valence-corrected chi connectivity index (χ2v) is 5.29. The summed E-state index contributed by atoms with van der Waals surface area (Å²) in [6.45, 7) is 9.34. The van der Waals surface area contributed by atoms with Gasteiger partial charge in [0.2, 0.25) is 0 Å². The summed E-state index contributed by atoms with van der Waals surface area (Å²) in [7, 11) is 2.04. The second kappa shape index (κ2) is 7.41. The molecular formula is C16H27N5. The second-order valence-electron chi connectivity index (χ2n) is 5.29. The summed E-state index contributed by atoms with van der Waals surface area (Å²) in [5.41, 5.74) is 3.98. The largest absolute Gasteiger partial charge is 0.338 e. The Labute approximate surface area is 127 Å². The van der Waals surface area contributed by atoms with Gasteiger partial charge in [-0.1, -0.05) is 20.8 Å². The molecule has 0 aliphatic heterocycles. The van der Waals surface area contributed by atoms with E-state index < -0.39 is 0 Å². The number of aromatic nitrogens is 4. The summed E-state index contributed by atoms with van der Waals surface area (Å²) in [6.07, 6.45) is 6.78. The number of hydrogen-bond acceptors (Lipinski definition) is 3. The van der Waals surface area contributed by atoms with Crippen LogP contribution in [0.1, 0.15) is 43.5 Å². The van der Waals surface area contributed by atoms with E-state index in [-0.39, 0.29) is 0 Å². The summed E-state index contributed by atoms with van der Waals surface area (Å²) in [4.78, 5) is 4.39. The molecule has 0 aromatic carbocycles. The molecule has 116 valence electrons. The van der Waals surface area contributed by atoms with Crippen LogP contribution in [0.15, 0.2) is 12.4 Å². The van der Waals surface area contributed by atoms with E-state index in [0.29, 0.717) is 0 Å². The van der Waals surface area contributed by atoms with Crippen molar-refractivity contribution < 1.29 is 0 Å². The molecule has 2 aromatic rings. The van der Waals surface area contributed by atoms with E-state index in [9.17, 15) is 0 Å². The maximum absolute atomic E-state index is 4.82. The van der Waals surface area contributed by atoms with Crippen LogP contribution < -0.4 is 5.32 Å². The maximum atomic E-state index is 4.82. The normalized spacial score (nSPS) is 11.2. The fraction of sp³-hybridized carbons (Fsp3) is 0.625. The summed E-state index contributed by atoms with van der Waals surface area (Å²) >= 11 is 0. The van der Waals surface area contributed by atoms with Crippen molar-refractivity contribution in [1.29, 1.82) is 0 Å². The van der Waals surface area contributed by atoms with Crippen molar-refractivity contribution in [2.75, 3.05) is 6.54 Å². The van der Waals surface area contributed by atoms with Gasteiger partial charge in [-0.25, -0.2) is 4.98 Å². The van der Waals surface area contributed by atoms with Crippen molar-refractivity contribution in [3.63, 3.8) is 0 Å². The number of nitrogens with one attached hydrogen (secondary N) is 1. The third kappa shape index (κ3) is 3.53.